The highest BCUT2D eigenvalue weighted by Crippen LogP contribution is 2.41. The lowest BCUT2D eigenvalue weighted by atomic mass is 9.74. The van der Waals surface area contributed by atoms with Gasteiger partial charge in [-0.1, -0.05) is 43.5 Å². The van der Waals surface area contributed by atoms with Crippen molar-refractivity contribution in [2.45, 2.75) is 58.3 Å². The molecule has 0 aliphatic heterocycles. The van der Waals surface area contributed by atoms with E-state index in [0.29, 0.717) is 17.9 Å². The molecule has 4 heteroatoms. The molecule has 4 rings (SSSR count). The first kappa shape index (κ1) is 20.2. The summed E-state index contributed by atoms with van der Waals surface area (Å²) >= 11 is 0. The Morgan fingerprint density at radius 2 is 1.55 bits per heavy atom. The lowest BCUT2D eigenvalue weighted by Crippen LogP contribution is -2.18. The van der Waals surface area contributed by atoms with Crippen LogP contribution in [0.3, 0.4) is 0 Å². The van der Waals surface area contributed by atoms with E-state index in [2.05, 4.69) is 13.0 Å². The van der Waals surface area contributed by atoms with Gasteiger partial charge in [-0.15, -0.1) is 0 Å². The highest BCUT2D eigenvalue weighted by molar-refractivity contribution is 5.70. The average molecular weight is 402 g/mol. The molecule has 0 aromatic heterocycles. The number of benzene rings is 2. The predicted molar refractivity (Wildman–Crippen MR) is 108 cm³/mol. The molecule has 0 atom stereocenters. The molecule has 2 aromatic carbocycles. The van der Waals surface area contributed by atoms with E-state index in [0.717, 1.165) is 30.0 Å². The van der Waals surface area contributed by atoms with Gasteiger partial charge in [0, 0.05) is 5.56 Å². The van der Waals surface area contributed by atoms with Crippen molar-refractivity contribution in [3.05, 3.63) is 64.2 Å². The number of fused-ring (bicyclic) bond motifs is 1. The molecule has 2 aromatic rings. The third-order valence-electron chi connectivity index (χ3n) is 6.65. The van der Waals surface area contributed by atoms with Gasteiger partial charge in [-0.3, -0.25) is 0 Å². The van der Waals surface area contributed by atoms with Gasteiger partial charge in [-0.2, -0.15) is 0 Å². The van der Waals surface area contributed by atoms with Crippen molar-refractivity contribution in [1.29, 1.82) is 0 Å². The third-order valence-corrected chi connectivity index (χ3v) is 6.65. The first-order chi connectivity index (χ1) is 14.0. The number of hydrogen-bond acceptors (Lipinski definition) is 0. The van der Waals surface area contributed by atoms with Crippen molar-refractivity contribution < 1.29 is 17.6 Å². The molecule has 0 radical (unpaired) electrons. The van der Waals surface area contributed by atoms with Gasteiger partial charge < -0.3 is 0 Å². The Labute approximate surface area is 169 Å². The molecule has 29 heavy (non-hydrogen) atoms. The summed E-state index contributed by atoms with van der Waals surface area (Å²) in [4.78, 5) is 0. The molecule has 2 aliphatic rings. The van der Waals surface area contributed by atoms with E-state index < -0.39 is 23.3 Å². The second kappa shape index (κ2) is 8.33. The van der Waals surface area contributed by atoms with Crippen LogP contribution in [-0.2, 0) is 6.42 Å². The van der Waals surface area contributed by atoms with E-state index >= 15 is 4.39 Å². The lowest BCUT2D eigenvalue weighted by molar-refractivity contribution is 0.283. The third kappa shape index (κ3) is 3.99. The Morgan fingerprint density at radius 3 is 2.21 bits per heavy atom. The zero-order valence-electron chi connectivity index (χ0n) is 16.7. The Kier molecular flexibility index (Phi) is 5.80. The topological polar surface area (TPSA) is 0 Å². The Balaban J connectivity index is 1.59. The maximum absolute atomic E-state index is 15.1. The van der Waals surface area contributed by atoms with Crippen LogP contribution in [0.2, 0.25) is 0 Å². The summed E-state index contributed by atoms with van der Waals surface area (Å²) in [6, 6.07) is 5.05. The van der Waals surface area contributed by atoms with Crippen molar-refractivity contribution in [3.63, 3.8) is 0 Å². The number of halogens is 4. The van der Waals surface area contributed by atoms with Gasteiger partial charge in [-0.25, -0.2) is 17.6 Å². The SMILES string of the molecule is CCCC1CCC(C2=Cc3ccc(-c4cc(F)c(F)c(F)c4)c(F)c3CC2)CC1. The minimum absolute atomic E-state index is 0.0192. The smallest absolute Gasteiger partial charge is 0.194 e. The molecule has 0 amide bonds. The van der Waals surface area contributed by atoms with Crippen molar-refractivity contribution in [3.8, 4) is 11.1 Å². The highest BCUT2D eigenvalue weighted by atomic mass is 19.2. The van der Waals surface area contributed by atoms with E-state index in [4.69, 9.17) is 0 Å². The molecule has 1 fully saturated rings. The second-order valence-corrected chi connectivity index (χ2v) is 8.47. The summed E-state index contributed by atoms with van der Waals surface area (Å²) in [6.07, 6.45) is 11.0. The van der Waals surface area contributed by atoms with Gasteiger partial charge in [-0.05, 0) is 79.2 Å². The fraction of sp³-hybridized carbons (Fsp3) is 0.440. The molecule has 0 saturated heterocycles. The van der Waals surface area contributed by atoms with Crippen LogP contribution in [0.4, 0.5) is 17.6 Å². The number of allylic oxidation sites excluding steroid dienone is 1. The fourth-order valence-corrected chi connectivity index (χ4v) is 5.05. The first-order valence-corrected chi connectivity index (χ1v) is 10.6. The first-order valence-electron chi connectivity index (χ1n) is 10.6. The molecule has 0 bridgehead atoms. The van der Waals surface area contributed by atoms with Gasteiger partial charge in [0.05, 0.1) is 0 Å². The van der Waals surface area contributed by atoms with Crippen LogP contribution in [0.15, 0.2) is 29.8 Å². The Bertz CT molecular complexity index is 913. The summed E-state index contributed by atoms with van der Waals surface area (Å²) in [5, 5.41) is 0. The summed E-state index contributed by atoms with van der Waals surface area (Å²) in [5.41, 5.74) is 2.96. The maximum atomic E-state index is 15.1. The standard InChI is InChI=1S/C25H26F4/c1-2-3-15-4-6-16(7-5-15)17-8-10-20-18(12-17)9-11-21(24(20)28)19-13-22(26)25(29)23(27)14-19/h9,11-16H,2-8,10H2,1H3. The Hall–Kier alpha value is -2.10. The summed E-state index contributed by atoms with van der Waals surface area (Å²) < 4.78 is 55.5. The zero-order chi connectivity index (χ0) is 20.5. The number of hydrogen-bond donors (Lipinski definition) is 0. The second-order valence-electron chi connectivity index (χ2n) is 8.47. The quantitative estimate of drug-likeness (QED) is 0.361. The maximum Gasteiger partial charge on any atom is 0.194 e. The van der Waals surface area contributed by atoms with E-state index in [1.54, 1.807) is 0 Å². The van der Waals surface area contributed by atoms with Gasteiger partial charge in [0.15, 0.2) is 17.5 Å². The molecule has 2 aliphatic carbocycles. The van der Waals surface area contributed by atoms with E-state index in [-0.39, 0.29) is 11.1 Å². The summed E-state index contributed by atoms with van der Waals surface area (Å²) in [7, 11) is 0. The fourth-order valence-electron chi connectivity index (χ4n) is 5.05. The van der Waals surface area contributed by atoms with Gasteiger partial charge in [0.2, 0.25) is 0 Å². The molecule has 0 heterocycles. The van der Waals surface area contributed by atoms with E-state index in [1.807, 2.05) is 6.07 Å². The van der Waals surface area contributed by atoms with Crippen LogP contribution in [0.5, 0.6) is 0 Å². The van der Waals surface area contributed by atoms with E-state index in [1.165, 1.54) is 50.2 Å². The van der Waals surface area contributed by atoms with Crippen molar-refractivity contribution in [2.75, 3.05) is 0 Å². The monoisotopic (exact) mass is 402 g/mol. The molecule has 0 spiro atoms. The zero-order valence-corrected chi connectivity index (χ0v) is 16.7. The van der Waals surface area contributed by atoms with Gasteiger partial charge in [0.1, 0.15) is 5.82 Å². The highest BCUT2D eigenvalue weighted by Gasteiger charge is 2.26. The van der Waals surface area contributed by atoms with Gasteiger partial charge >= 0.3 is 0 Å². The van der Waals surface area contributed by atoms with Crippen LogP contribution >= 0.6 is 0 Å². The van der Waals surface area contributed by atoms with Crippen LogP contribution < -0.4 is 0 Å². The molecular weight excluding hydrogens is 376 g/mol. The summed E-state index contributed by atoms with van der Waals surface area (Å²) in [5.74, 6) is -3.18. The molecular formula is C25H26F4. The van der Waals surface area contributed by atoms with Gasteiger partial charge in [0.25, 0.3) is 0 Å². The molecule has 0 N–H and O–H groups in total. The minimum Gasteiger partial charge on any atom is -0.206 e. The largest absolute Gasteiger partial charge is 0.206 e. The Morgan fingerprint density at radius 1 is 0.862 bits per heavy atom. The minimum atomic E-state index is -1.53. The summed E-state index contributed by atoms with van der Waals surface area (Å²) in [6.45, 7) is 2.24. The van der Waals surface area contributed by atoms with Crippen molar-refractivity contribution in [2.24, 2.45) is 11.8 Å². The van der Waals surface area contributed by atoms with E-state index in [9.17, 15) is 13.2 Å². The predicted octanol–water partition coefficient (Wildman–Crippen LogP) is 7.85. The molecule has 154 valence electrons. The van der Waals surface area contributed by atoms with Crippen LogP contribution in [0.1, 0.15) is 63.0 Å². The normalized spacial score (nSPS) is 21.6. The van der Waals surface area contributed by atoms with Crippen LogP contribution in [0.25, 0.3) is 17.2 Å². The molecule has 1 saturated carbocycles. The van der Waals surface area contributed by atoms with Crippen LogP contribution in [0, 0.1) is 35.1 Å². The lowest BCUT2D eigenvalue weighted by Gasteiger charge is -2.32. The van der Waals surface area contributed by atoms with Crippen LogP contribution in [-0.4, -0.2) is 0 Å². The molecule has 0 nitrogen and oxygen atoms in total. The average Bonchev–Trinajstić information content (AvgIpc) is 2.72. The molecule has 0 unspecified atom stereocenters. The van der Waals surface area contributed by atoms with Crippen molar-refractivity contribution >= 4 is 6.08 Å². The number of rotatable bonds is 4. The van der Waals surface area contributed by atoms with Crippen molar-refractivity contribution in [1.82, 2.24) is 0 Å².